The highest BCUT2D eigenvalue weighted by Gasteiger charge is 2.44. The van der Waals surface area contributed by atoms with Gasteiger partial charge in [-0.25, -0.2) is 4.79 Å². The van der Waals surface area contributed by atoms with E-state index in [-0.39, 0.29) is 17.0 Å². The van der Waals surface area contributed by atoms with E-state index in [4.69, 9.17) is 16.4 Å². The summed E-state index contributed by atoms with van der Waals surface area (Å²) in [5, 5.41) is 2.39. The van der Waals surface area contributed by atoms with E-state index in [1.807, 2.05) is 5.06 Å². The van der Waals surface area contributed by atoms with Crippen LogP contribution in [0.1, 0.15) is 57.3 Å². The van der Waals surface area contributed by atoms with Crippen molar-refractivity contribution in [3.05, 3.63) is 34.9 Å². The number of piperidine rings is 1. The second-order valence-electron chi connectivity index (χ2n) is 6.66. The molecule has 1 aliphatic heterocycles. The maximum absolute atomic E-state index is 12.3. The molecule has 1 heterocycles. The zero-order valence-corrected chi connectivity index (χ0v) is 13.3. The van der Waals surface area contributed by atoms with E-state index in [2.05, 4.69) is 27.7 Å². The van der Waals surface area contributed by atoms with Crippen LogP contribution in [0, 0.1) is 0 Å². The summed E-state index contributed by atoms with van der Waals surface area (Å²) >= 11 is 5.92. The summed E-state index contributed by atoms with van der Waals surface area (Å²) in [6.07, 6.45) is 3.17. The van der Waals surface area contributed by atoms with Crippen LogP contribution in [0.25, 0.3) is 0 Å². The molecule has 2 rings (SSSR count). The van der Waals surface area contributed by atoms with Gasteiger partial charge < -0.3 is 4.84 Å². The Morgan fingerprint density at radius 3 is 2.35 bits per heavy atom. The lowest BCUT2D eigenvalue weighted by molar-refractivity contribution is -0.240. The highest BCUT2D eigenvalue weighted by atomic mass is 35.5. The number of hydrogen-bond donors (Lipinski definition) is 0. The highest BCUT2D eigenvalue weighted by Crippen LogP contribution is 2.38. The van der Waals surface area contributed by atoms with E-state index in [9.17, 15) is 4.79 Å². The van der Waals surface area contributed by atoms with Gasteiger partial charge in [0, 0.05) is 5.02 Å². The Hall–Kier alpha value is -1.06. The number of hydroxylamine groups is 2. The number of carbonyl (C=O) groups excluding carboxylic acids is 1. The minimum absolute atomic E-state index is 0.157. The fraction of sp³-hybridized carbons (Fsp3) is 0.562. The standard InChI is InChI=1S/C16H22ClNO2/c1-15(2)9-6-10-16(3,4)18(15)20-14(19)12-7-5-8-13(17)11-12/h5,7-8,11H,6,9-10H2,1-4H3. The van der Waals surface area contributed by atoms with Crippen molar-refractivity contribution in [3.8, 4) is 0 Å². The Bertz CT molecular complexity index is 495. The van der Waals surface area contributed by atoms with Crippen molar-refractivity contribution in [2.45, 2.75) is 58.0 Å². The van der Waals surface area contributed by atoms with Crippen molar-refractivity contribution in [1.82, 2.24) is 5.06 Å². The van der Waals surface area contributed by atoms with Crippen molar-refractivity contribution in [2.75, 3.05) is 0 Å². The van der Waals surface area contributed by atoms with Gasteiger partial charge in [-0.1, -0.05) is 17.7 Å². The summed E-state index contributed by atoms with van der Waals surface area (Å²) in [5.41, 5.74) is 0.168. The molecule has 1 aliphatic rings. The Morgan fingerprint density at radius 2 is 1.80 bits per heavy atom. The smallest absolute Gasteiger partial charge is 0.357 e. The lowest BCUT2D eigenvalue weighted by Crippen LogP contribution is -2.58. The van der Waals surface area contributed by atoms with Crippen LogP contribution in [0.3, 0.4) is 0 Å². The zero-order chi connectivity index (χ0) is 15.0. The van der Waals surface area contributed by atoms with Gasteiger partial charge >= 0.3 is 5.97 Å². The van der Waals surface area contributed by atoms with Crippen molar-refractivity contribution >= 4 is 17.6 Å². The second-order valence-corrected chi connectivity index (χ2v) is 7.10. The maximum Gasteiger partial charge on any atom is 0.357 e. The highest BCUT2D eigenvalue weighted by molar-refractivity contribution is 6.30. The quantitative estimate of drug-likeness (QED) is 0.807. The Morgan fingerprint density at radius 1 is 1.20 bits per heavy atom. The third kappa shape index (κ3) is 3.15. The third-order valence-electron chi connectivity index (χ3n) is 3.91. The van der Waals surface area contributed by atoms with Gasteiger partial charge in [0.1, 0.15) is 0 Å². The molecule has 0 bridgehead atoms. The first kappa shape index (κ1) is 15.3. The molecule has 0 saturated carbocycles. The predicted octanol–water partition coefficient (Wildman–Crippen LogP) is 4.45. The number of benzene rings is 1. The lowest BCUT2D eigenvalue weighted by atomic mass is 9.82. The molecule has 0 unspecified atom stereocenters. The predicted molar refractivity (Wildman–Crippen MR) is 80.7 cm³/mol. The molecule has 0 atom stereocenters. The molecule has 0 radical (unpaired) electrons. The molecular weight excluding hydrogens is 274 g/mol. The molecule has 20 heavy (non-hydrogen) atoms. The number of halogens is 1. The van der Waals surface area contributed by atoms with Crippen LogP contribution in [0.15, 0.2) is 24.3 Å². The Kier molecular flexibility index (Phi) is 4.12. The van der Waals surface area contributed by atoms with E-state index in [0.717, 1.165) is 19.3 Å². The summed E-state index contributed by atoms with van der Waals surface area (Å²) in [4.78, 5) is 18.0. The SMILES string of the molecule is CC1(C)CCCC(C)(C)N1OC(=O)c1cccc(Cl)c1. The average Bonchev–Trinajstić information content (AvgIpc) is 2.33. The van der Waals surface area contributed by atoms with Gasteiger partial charge in [-0.15, -0.1) is 5.06 Å². The number of carbonyl (C=O) groups is 1. The van der Waals surface area contributed by atoms with Gasteiger partial charge in [-0.3, -0.25) is 0 Å². The summed E-state index contributed by atoms with van der Waals surface area (Å²) in [7, 11) is 0. The summed E-state index contributed by atoms with van der Waals surface area (Å²) < 4.78 is 0. The first-order chi connectivity index (χ1) is 9.22. The van der Waals surface area contributed by atoms with Gasteiger partial charge in [-0.05, 0) is 65.2 Å². The summed E-state index contributed by atoms with van der Waals surface area (Å²) in [6.45, 7) is 8.44. The first-order valence-electron chi connectivity index (χ1n) is 7.01. The minimum atomic E-state index is -0.351. The van der Waals surface area contributed by atoms with Crippen molar-refractivity contribution < 1.29 is 9.63 Å². The van der Waals surface area contributed by atoms with Gasteiger partial charge in [0.15, 0.2) is 0 Å². The van der Waals surface area contributed by atoms with Crippen LogP contribution in [0.4, 0.5) is 0 Å². The van der Waals surface area contributed by atoms with Crippen LogP contribution in [-0.4, -0.2) is 22.1 Å². The fourth-order valence-electron chi connectivity index (χ4n) is 2.97. The molecule has 1 saturated heterocycles. The monoisotopic (exact) mass is 295 g/mol. The molecule has 1 fully saturated rings. The molecule has 0 N–H and O–H groups in total. The molecule has 1 aromatic carbocycles. The zero-order valence-electron chi connectivity index (χ0n) is 12.6. The molecule has 0 spiro atoms. The average molecular weight is 296 g/mol. The van der Waals surface area contributed by atoms with Crippen LogP contribution >= 0.6 is 11.6 Å². The van der Waals surface area contributed by atoms with Crippen LogP contribution < -0.4 is 0 Å². The molecule has 4 heteroatoms. The third-order valence-corrected chi connectivity index (χ3v) is 4.15. The molecule has 3 nitrogen and oxygen atoms in total. The summed E-state index contributed by atoms with van der Waals surface area (Å²) in [5.74, 6) is -0.351. The maximum atomic E-state index is 12.3. The van der Waals surface area contributed by atoms with Crippen molar-refractivity contribution in [3.63, 3.8) is 0 Å². The van der Waals surface area contributed by atoms with Crippen LogP contribution in [-0.2, 0) is 4.84 Å². The second kappa shape index (κ2) is 5.38. The normalized spacial score (nSPS) is 21.4. The van der Waals surface area contributed by atoms with Gasteiger partial charge in [0.05, 0.1) is 16.6 Å². The molecule has 1 aromatic rings. The van der Waals surface area contributed by atoms with Crippen molar-refractivity contribution in [1.29, 1.82) is 0 Å². The lowest BCUT2D eigenvalue weighted by Gasteiger charge is -2.50. The molecule has 0 amide bonds. The first-order valence-corrected chi connectivity index (χ1v) is 7.38. The number of hydrogen-bond acceptors (Lipinski definition) is 3. The van der Waals surface area contributed by atoms with E-state index >= 15 is 0 Å². The number of nitrogens with zero attached hydrogens (tertiary/aromatic N) is 1. The van der Waals surface area contributed by atoms with E-state index < -0.39 is 0 Å². The molecule has 0 aromatic heterocycles. The molecule has 110 valence electrons. The minimum Gasteiger partial charge on any atom is -0.363 e. The number of rotatable bonds is 2. The topological polar surface area (TPSA) is 29.5 Å². The van der Waals surface area contributed by atoms with Crippen molar-refractivity contribution in [2.24, 2.45) is 0 Å². The molecule has 0 aliphatic carbocycles. The van der Waals surface area contributed by atoms with E-state index in [0.29, 0.717) is 10.6 Å². The summed E-state index contributed by atoms with van der Waals surface area (Å²) in [6, 6.07) is 6.85. The van der Waals surface area contributed by atoms with E-state index in [1.54, 1.807) is 24.3 Å². The van der Waals surface area contributed by atoms with Crippen LogP contribution in [0.5, 0.6) is 0 Å². The fourth-order valence-corrected chi connectivity index (χ4v) is 3.16. The Labute approximate surface area is 125 Å². The van der Waals surface area contributed by atoms with Gasteiger partial charge in [0.2, 0.25) is 0 Å². The van der Waals surface area contributed by atoms with Gasteiger partial charge in [0.25, 0.3) is 0 Å². The largest absolute Gasteiger partial charge is 0.363 e. The Balaban J connectivity index is 2.20. The van der Waals surface area contributed by atoms with Crippen LogP contribution in [0.2, 0.25) is 5.02 Å². The molecular formula is C16H22ClNO2. The van der Waals surface area contributed by atoms with E-state index in [1.165, 1.54) is 0 Å². The van der Waals surface area contributed by atoms with Gasteiger partial charge in [-0.2, -0.15) is 0 Å².